The van der Waals surface area contributed by atoms with E-state index in [0.29, 0.717) is 25.6 Å². The van der Waals surface area contributed by atoms with Crippen LogP contribution in [0.4, 0.5) is 0 Å². The van der Waals surface area contributed by atoms with Gasteiger partial charge >= 0.3 is 0 Å². The molecule has 0 heterocycles. The fourth-order valence-electron chi connectivity index (χ4n) is 1.36. The van der Waals surface area contributed by atoms with Gasteiger partial charge in [-0.15, -0.1) is 6.58 Å². The average molecular weight is 228 g/mol. The summed E-state index contributed by atoms with van der Waals surface area (Å²) in [6, 6.07) is -0.233. The number of aliphatic hydroxyl groups excluding tert-OH is 1. The Labute approximate surface area is 98.3 Å². The van der Waals surface area contributed by atoms with Gasteiger partial charge in [-0.2, -0.15) is 0 Å². The van der Waals surface area contributed by atoms with Crippen LogP contribution >= 0.6 is 0 Å². The highest BCUT2D eigenvalue weighted by atomic mass is 16.3. The Kier molecular flexibility index (Phi) is 7.85. The summed E-state index contributed by atoms with van der Waals surface area (Å²) in [5, 5.41) is 11.8. The molecule has 0 aromatic rings. The van der Waals surface area contributed by atoms with E-state index in [1.807, 2.05) is 11.8 Å². The quantitative estimate of drug-likeness (QED) is 0.599. The first-order chi connectivity index (χ1) is 7.52. The van der Waals surface area contributed by atoms with Gasteiger partial charge in [-0.25, -0.2) is 0 Å². The van der Waals surface area contributed by atoms with Crippen LogP contribution < -0.4 is 5.32 Å². The molecule has 0 aromatic heterocycles. The van der Waals surface area contributed by atoms with Gasteiger partial charge in [0.05, 0.1) is 12.6 Å². The van der Waals surface area contributed by atoms with Crippen LogP contribution in [0.1, 0.15) is 20.8 Å². The van der Waals surface area contributed by atoms with E-state index < -0.39 is 0 Å². The molecule has 1 amide bonds. The topological polar surface area (TPSA) is 52.6 Å². The molecule has 4 heteroatoms. The van der Waals surface area contributed by atoms with Gasteiger partial charge in [0.2, 0.25) is 5.91 Å². The molecule has 1 unspecified atom stereocenters. The molecular weight excluding hydrogens is 204 g/mol. The van der Waals surface area contributed by atoms with E-state index >= 15 is 0 Å². The highest BCUT2D eigenvalue weighted by molar-refractivity contribution is 5.81. The summed E-state index contributed by atoms with van der Waals surface area (Å²) >= 11 is 0. The lowest BCUT2D eigenvalue weighted by Gasteiger charge is -2.26. The van der Waals surface area contributed by atoms with Gasteiger partial charge in [-0.05, 0) is 12.8 Å². The van der Waals surface area contributed by atoms with Crippen molar-refractivity contribution in [1.29, 1.82) is 0 Å². The number of nitrogens with zero attached hydrogens (tertiary/aromatic N) is 1. The number of carbonyl (C=O) groups excluding carboxylic acids is 1. The van der Waals surface area contributed by atoms with Crippen LogP contribution in [0.15, 0.2) is 12.7 Å². The Morgan fingerprint density at radius 1 is 1.50 bits per heavy atom. The van der Waals surface area contributed by atoms with Crippen molar-refractivity contribution in [3.8, 4) is 0 Å². The van der Waals surface area contributed by atoms with E-state index in [1.165, 1.54) is 0 Å². The SMILES string of the molecule is C=CCN(CCO)C(C)C(=O)NCC(C)C. The molecule has 0 aromatic carbocycles. The first-order valence-corrected chi connectivity index (χ1v) is 5.76. The molecule has 2 N–H and O–H groups in total. The molecule has 0 spiro atoms. The minimum Gasteiger partial charge on any atom is -0.395 e. The van der Waals surface area contributed by atoms with Crippen molar-refractivity contribution in [3.63, 3.8) is 0 Å². The number of hydrogen-bond acceptors (Lipinski definition) is 3. The summed E-state index contributed by atoms with van der Waals surface area (Å²) in [5.41, 5.74) is 0. The molecule has 4 nitrogen and oxygen atoms in total. The van der Waals surface area contributed by atoms with Crippen LogP contribution in [0, 0.1) is 5.92 Å². The second-order valence-electron chi connectivity index (χ2n) is 4.32. The van der Waals surface area contributed by atoms with Gasteiger partial charge in [0.1, 0.15) is 0 Å². The largest absolute Gasteiger partial charge is 0.395 e. The fourth-order valence-corrected chi connectivity index (χ4v) is 1.36. The van der Waals surface area contributed by atoms with Crippen molar-refractivity contribution < 1.29 is 9.90 Å². The molecule has 0 saturated heterocycles. The molecule has 0 rings (SSSR count). The number of aliphatic hydroxyl groups is 1. The van der Waals surface area contributed by atoms with Crippen LogP contribution in [0.25, 0.3) is 0 Å². The van der Waals surface area contributed by atoms with Gasteiger partial charge in [0.25, 0.3) is 0 Å². The predicted octanol–water partition coefficient (Wildman–Crippen LogP) is 0.627. The highest BCUT2D eigenvalue weighted by Gasteiger charge is 2.19. The number of nitrogens with one attached hydrogen (secondary N) is 1. The van der Waals surface area contributed by atoms with E-state index in [4.69, 9.17) is 5.11 Å². The molecule has 94 valence electrons. The minimum atomic E-state index is -0.233. The molecule has 0 aliphatic rings. The summed E-state index contributed by atoms with van der Waals surface area (Å²) in [5.74, 6) is 0.450. The third-order valence-electron chi connectivity index (χ3n) is 2.36. The Hall–Kier alpha value is -0.870. The van der Waals surface area contributed by atoms with Gasteiger partial charge in [-0.3, -0.25) is 9.69 Å². The maximum absolute atomic E-state index is 11.8. The standard InChI is InChI=1S/C12H24N2O2/c1-5-6-14(7-8-15)11(4)12(16)13-9-10(2)3/h5,10-11,15H,1,6-9H2,2-4H3,(H,13,16). The normalized spacial score (nSPS) is 12.9. The lowest BCUT2D eigenvalue weighted by Crippen LogP contribution is -2.47. The van der Waals surface area contributed by atoms with E-state index in [-0.39, 0.29) is 18.6 Å². The number of rotatable bonds is 8. The molecule has 0 aliphatic heterocycles. The maximum Gasteiger partial charge on any atom is 0.237 e. The van der Waals surface area contributed by atoms with Crippen molar-refractivity contribution in [2.24, 2.45) is 5.92 Å². The van der Waals surface area contributed by atoms with Crippen LogP contribution in [-0.2, 0) is 4.79 Å². The first-order valence-electron chi connectivity index (χ1n) is 5.76. The highest BCUT2D eigenvalue weighted by Crippen LogP contribution is 1.99. The van der Waals surface area contributed by atoms with Crippen LogP contribution in [0.2, 0.25) is 0 Å². The predicted molar refractivity (Wildman–Crippen MR) is 66.2 cm³/mol. The molecule has 0 bridgehead atoms. The Balaban J connectivity index is 4.18. The Bertz CT molecular complexity index is 217. The lowest BCUT2D eigenvalue weighted by atomic mass is 10.2. The maximum atomic E-state index is 11.8. The summed E-state index contributed by atoms with van der Waals surface area (Å²) in [6.45, 7) is 11.4. The Morgan fingerprint density at radius 2 is 2.12 bits per heavy atom. The van der Waals surface area contributed by atoms with Crippen LogP contribution in [-0.4, -0.2) is 48.2 Å². The monoisotopic (exact) mass is 228 g/mol. The second kappa shape index (κ2) is 8.30. The van der Waals surface area contributed by atoms with Crippen molar-refractivity contribution in [2.45, 2.75) is 26.8 Å². The molecule has 0 fully saturated rings. The number of carbonyl (C=O) groups is 1. The van der Waals surface area contributed by atoms with E-state index in [9.17, 15) is 4.79 Å². The van der Waals surface area contributed by atoms with E-state index in [1.54, 1.807) is 6.08 Å². The summed E-state index contributed by atoms with van der Waals surface area (Å²) < 4.78 is 0. The molecule has 0 saturated carbocycles. The third-order valence-corrected chi connectivity index (χ3v) is 2.36. The van der Waals surface area contributed by atoms with Gasteiger partial charge < -0.3 is 10.4 Å². The van der Waals surface area contributed by atoms with Crippen molar-refractivity contribution in [2.75, 3.05) is 26.2 Å². The summed E-state index contributed by atoms with van der Waals surface area (Å²) in [4.78, 5) is 13.7. The number of hydrogen-bond donors (Lipinski definition) is 2. The van der Waals surface area contributed by atoms with Crippen molar-refractivity contribution in [3.05, 3.63) is 12.7 Å². The average Bonchev–Trinajstić information content (AvgIpc) is 2.24. The summed E-state index contributed by atoms with van der Waals surface area (Å²) in [6.07, 6.45) is 1.74. The zero-order valence-corrected chi connectivity index (χ0v) is 10.6. The molecule has 0 aliphatic carbocycles. The zero-order valence-electron chi connectivity index (χ0n) is 10.6. The lowest BCUT2D eigenvalue weighted by molar-refractivity contribution is -0.126. The first kappa shape index (κ1) is 15.1. The van der Waals surface area contributed by atoms with E-state index in [0.717, 1.165) is 0 Å². The smallest absolute Gasteiger partial charge is 0.237 e. The van der Waals surface area contributed by atoms with Gasteiger partial charge in [0, 0.05) is 19.6 Å². The Morgan fingerprint density at radius 3 is 2.56 bits per heavy atom. The number of amides is 1. The van der Waals surface area contributed by atoms with Crippen molar-refractivity contribution in [1.82, 2.24) is 10.2 Å². The molecule has 16 heavy (non-hydrogen) atoms. The van der Waals surface area contributed by atoms with E-state index in [2.05, 4.69) is 25.7 Å². The third kappa shape index (κ3) is 5.88. The molecular formula is C12H24N2O2. The van der Waals surface area contributed by atoms with Crippen LogP contribution in [0.3, 0.4) is 0 Å². The summed E-state index contributed by atoms with van der Waals surface area (Å²) in [7, 11) is 0. The molecule has 0 radical (unpaired) electrons. The van der Waals surface area contributed by atoms with Gasteiger partial charge in [0.15, 0.2) is 0 Å². The minimum absolute atomic E-state index is 0.00370. The van der Waals surface area contributed by atoms with Gasteiger partial charge in [-0.1, -0.05) is 19.9 Å². The fraction of sp³-hybridized carbons (Fsp3) is 0.750. The zero-order chi connectivity index (χ0) is 12.6. The van der Waals surface area contributed by atoms with Crippen molar-refractivity contribution >= 4 is 5.91 Å². The van der Waals surface area contributed by atoms with Crippen LogP contribution in [0.5, 0.6) is 0 Å². The second-order valence-corrected chi connectivity index (χ2v) is 4.32. The molecule has 1 atom stereocenters.